The van der Waals surface area contributed by atoms with Crippen molar-refractivity contribution in [3.8, 4) is 0 Å². The summed E-state index contributed by atoms with van der Waals surface area (Å²) in [4.78, 5) is 12.3. The van der Waals surface area contributed by atoms with Gasteiger partial charge < -0.3 is 9.10 Å². The second-order valence-electron chi connectivity index (χ2n) is 7.23. The van der Waals surface area contributed by atoms with E-state index >= 15 is 0 Å². The molecule has 0 radical (unpaired) electrons. The van der Waals surface area contributed by atoms with E-state index in [4.69, 9.17) is 4.74 Å². The van der Waals surface area contributed by atoms with Crippen LogP contribution in [0, 0.1) is 6.08 Å². The molecule has 140 valence electrons. The van der Waals surface area contributed by atoms with Crippen molar-refractivity contribution in [2.45, 2.75) is 45.5 Å². The number of carbonyl (C=O) groups is 1. The van der Waals surface area contributed by atoms with Crippen LogP contribution >= 0.6 is 0 Å². The SMILES string of the molecule is C[C@H]1[C@@H](c2ccccc2)[O+]1C(=[C-]C(=O)OC(C)(C)C)c1ccccc1.[Au+]. The van der Waals surface area contributed by atoms with Gasteiger partial charge in [0.2, 0.25) is 5.97 Å². The van der Waals surface area contributed by atoms with E-state index < -0.39 is 11.6 Å². The molecular formula is C22H24AuO3+. The fourth-order valence-corrected chi connectivity index (χ4v) is 2.94. The summed E-state index contributed by atoms with van der Waals surface area (Å²) in [6, 6.07) is 20.1. The van der Waals surface area contributed by atoms with Gasteiger partial charge in [0.1, 0.15) is 5.60 Å². The average Bonchev–Trinajstić information content (AvgIpc) is 3.23. The second-order valence-corrected chi connectivity index (χ2v) is 7.23. The largest absolute Gasteiger partial charge is 1.00 e. The number of hydrogen-bond acceptors (Lipinski definition) is 2. The molecule has 26 heavy (non-hydrogen) atoms. The van der Waals surface area contributed by atoms with Crippen molar-refractivity contribution in [3.05, 3.63) is 77.9 Å². The van der Waals surface area contributed by atoms with E-state index in [1.165, 1.54) is 5.56 Å². The standard InChI is InChI=1S/C22H24O3.Au/c1-16-21(18-13-9-6-10-14-18)25(16)19(17-11-7-5-8-12-17)15-20(23)24-22(2,3)4;/h5-14,16,21H,1-4H3;/q;+1/t16-,21-;/m0./s1. The van der Waals surface area contributed by atoms with Gasteiger partial charge in [0, 0.05) is 6.92 Å². The number of ether oxygens (including phenoxy) is 1. The van der Waals surface area contributed by atoms with Crippen LogP contribution in [0.5, 0.6) is 0 Å². The monoisotopic (exact) mass is 533 g/mol. The molecule has 3 nitrogen and oxygen atoms in total. The molecule has 0 unspecified atom stereocenters. The maximum atomic E-state index is 12.3. The van der Waals surface area contributed by atoms with E-state index in [0.29, 0.717) is 5.76 Å². The van der Waals surface area contributed by atoms with Gasteiger partial charge in [-0.15, -0.1) is 12.1 Å². The summed E-state index contributed by atoms with van der Waals surface area (Å²) >= 11 is 0. The van der Waals surface area contributed by atoms with Crippen molar-refractivity contribution in [2.75, 3.05) is 0 Å². The van der Waals surface area contributed by atoms with Gasteiger partial charge in [-0.2, -0.15) is 0 Å². The Labute approximate surface area is 171 Å². The zero-order valence-electron chi connectivity index (χ0n) is 15.5. The maximum Gasteiger partial charge on any atom is 1.00 e. The Morgan fingerprint density at radius 1 is 1.00 bits per heavy atom. The Hall–Kier alpha value is -1.81. The number of esters is 1. The molecule has 4 heteroatoms. The maximum absolute atomic E-state index is 12.3. The third-order valence-electron chi connectivity index (χ3n) is 4.04. The van der Waals surface area contributed by atoms with E-state index in [2.05, 4.69) is 29.5 Å². The smallest absolute Gasteiger partial charge is 0.578 e. The van der Waals surface area contributed by atoms with Gasteiger partial charge >= 0.3 is 22.4 Å². The Bertz CT molecular complexity index is 763. The molecule has 0 saturated carbocycles. The van der Waals surface area contributed by atoms with Crippen molar-refractivity contribution in [1.82, 2.24) is 0 Å². The van der Waals surface area contributed by atoms with E-state index in [-0.39, 0.29) is 34.6 Å². The zero-order valence-corrected chi connectivity index (χ0v) is 17.6. The van der Waals surface area contributed by atoms with Crippen molar-refractivity contribution in [3.63, 3.8) is 0 Å². The number of hydrogen-bond donors (Lipinski definition) is 0. The zero-order chi connectivity index (χ0) is 18.0. The molecule has 1 aliphatic rings. The van der Waals surface area contributed by atoms with Crippen molar-refractivity contribution >= 4 is 11.7 Å². The first-order chi connectivity index (χ1) is 11.9. The first kappa shape index (κ1) is 20.5. The summed E-state index contributed by atoms with van der Waals surface area (Å²) < 4.78 is 8.61. The second kappa shape index (κ2) is 8.26. The van der Waals surface area contributed by atoms with E-state index in [9.17, 15) is 4.79 Å². The molecule has 2 atom stereocenters. The molecule has 1 fully saturated rings. The van der Waals surface area contributed by atoms with Gasteiger partial charge in [-0.1, -0.05) is 48.0 Å². The van der Waals surface area contributed by atoms with Gasteiger partial charge in [-0.25, -0.2) is 0 Å². The van der Waals surface area contributed by atoms with Crippen LogP contribution in [0.4, 0.5) is 0 Å². The van der Waals surface area contributed by atoms with Crippen LogP contribution < -0.4 is 0 Å². The molecule has 0 aromatic heterocycles. The van der Waals surface area contributed by atoms with Crippen LogP contribution in [0.25, 0.3) is 5.76 Å². The fourth-order valence-electron chi connectivity index (χ4n) is 2.94. The van der Waals surface area contributed by atoms with E-state index in [1.54, 1.807) is 0 Å². The normalized spacial score (nSPS) is 19.5. The van der Waals surface area contributed by atoms with Gasteiger partial charge in [0.15, 0.2) is 0 Å². The average molecular weight is 533 g/mol. The van der Waals surface area contributed by atoms with Crippen molar-refractivity contribution in [1.29, 1.82) is 0 Å². The van der Waals surface area contributed by atoms with E-state index in [1.807, 2.05) is 69.3 Å². The molecule has 1 saturated heterocycles. The Balaban J connectivity index is 0.00000243. The first-order valence-electron chi connectivity index (χ1n) is 8.56. The van der Waals surface area contributed by atoms with Crippen molar-refractivity contribution in [2.24, 2.45) is 0 Å². The fraction of sp³-hybridized carbons (Fsp3) is 0.318. The minimum atomic E-state index is -0.542. The van der Waals surface area contributed by atoms with Gasteiger partial charge in [0.25, 0.3) is 12.2 Å². The third-order valence-corrected chi connectivity index (χ3v) is 4.04. The van der Waals surface area contributed by atoms with Crippen LogP contribution in [-0.4, -0.2) is 17.7 Å². The number of epoxide rings is 1. The predicted octanol–water partition coefficient (Wildman–Crippen LogP) is 4.87. The summed E-state index contributed by atoms with van der Waals surface area (Å²) in [7, 11) is 0. The number of rotatable bonds is 4. The number of carbonyl (C=O) groups excluding carboxylic acids is 1. The summed E-state index contributed by atoms with van der Waals surface area (Å²) in [6.45, 7) is 7.69. The van der Waals surface area contributed by atoms with E-state index in [0.717, 1.165) is 5.56 Å². The minimum Gasteiger partial charge on any atom is -0.578 e. The summed E-state index contributed by atoms with van der Waals surface area (Å²) in [6.07, 6.45) is 3.33. The molecule has 0 aliphatic carbocycles. The topological polar surface area (TPSA) is 29.0 Å². The van der Waals surface area contributed by atoms with Crippen molar-refractivity contribution < 1.29 is 36.3 Å². The minimum absolute atomic E-state index is 0. The quantitative estimate of drug-likeness (QED) is 0.107. The van der Waals surface area contributed by atoms with Crippen LogP contribution in [0.15, 0.2) is 60.7 Å². The molecule has 0 N–H and O–H groups in total. The molecule has 1 heterocycles. The van der Waals surface area contributed by atoms with Crippen LogP contribution in [0.2, 0.25) is 0 Å². The molecule has 2 aromatic rings. The first-order valence-corrected chi connectivity index (χ1v) is 8.56. The van der Waals surface area contributed by atoms with Gasteiger partial charge in [-0.3, -0.25) is 4.79 Å². The molecule has 1 aliphatic heterocycles. The summed E-state index contributed by atoms with van der Waals surface area (Å²) in [5.74, 6) is 0.251. The summed E-state index contributed by atoms with van der Waals surface area (Å²) in [5, 5.41) is 0. The predicted molar refractivity (Wildman–Crippen MR) is 98.7 cm³/mol. The number of benzene rings is 2. The summed E-state index contributed by atoms with van der Waals surface area (Å²) in [5.41, 5.74) is 1.60. The molecular weight excluding hydrogens is 509 g/mol. The Morgan fingerprint density at radius 2 is 1.54 bits per heavy atom. The third kappa shape index (κ3) is 4.88. The van der Waals surface area contributed by atoms with Gasteiger partial charge in [0.05, 0.1) is 11.3 Å². The van der Waals surface area contributed by atoms with Crippen LogP contribution in [0.1, 0.15) is 44.9 Å². The molecule has 2 aromatic carbocycles. The Kier molecular flexibility index (Phi) is 6.51. The molecule has 0 bridgehead atoms. The Morgan fingerprint density at radius 3 is 2.08 bits per heavy atom. The van der Waals surface area contributed by atoms with Crippen LogP contribution in [0.3, 0.4) is 0 Å². The molecule has 0 amide bonds. The molecule has 3 rings (SSSR count). The van der Waals surface area contributed by atoms with Gasteiger partial charge in [-0.05, 0) is 32.9 Å². The van der Waals surface area contributed by atoms with Crippen LogP contribution in [-0.2, 0) is 36.3 Å². The molecule has 0 spiro atoms.